The number of nitrogens with zero attached hydrogens (tertiary/aromatic N) is 1. The lowest BCUT2D eigenvalue weighted by Crippen LogP contribution is -2.62. The molecule has 1 aromatic rings. The van der Waals surface area contributed by atoms with E-state index in [0.29, 0.717) is 12.8 Å². The second kappa shape index (κ2) is 9.36. The Bertz CT molecular complexity index is 723. The van der Waals surface area contributed by atoms with Gasteiger partial charge in [0.15, 0.2) is 0 Å². The predicted molar refractivity (Wildman–Crippen MR) is 111 cm³/mol. The number of hydrogen-bond donors (Lipinski definition) is 1. The molecule has 2 rings (SSSR count). The maximum Gasteiger partial charge on any atom is 0.420 e. The minimum atomic E-state index is -0.800. The number of carbonyl (C=O) groups is 3. The third-order valence-corrected chi connectivity index (χ3v) is 4.27. The fraction of sp³-hybridized carbons (Fsp3) is 0.591. The lowest BCUT2D eigenvalue weighted by atomic mass is 9.85. The molecular formula is C22H32N2O6. The molecule has 0 unspecified atom stereocenters. The maximum absolute atomic E-state index is 12.7. The van der Waals surface area contributed by atoms with Crippen molar-refractivity contribution in [2.75, 3.05) is 0 Å². The molecule has 0 bridgehead atoms. The molecule has 0 saturated heterocycles. The molecule has 166 valence electrons. The molecule has 0 spiro atoms. The van der Waals surface area contributed by atoms with Crippen molar-refractivity contribution in [3.05, 3.63) is 35.9 Å². The zero-order chi connectivity index (χ0) is 22.5. The van der Waals surface area contributed by atoms with E-state index in [-0.39, 0.29) is 6.61 Å². The Morgan fingerprint density at radius 1 is 0.933 bits per heavy atom. The first kappa shape index (κ1) is 23.5. The van der Waals surface area contributed by atoms with E-state index in [0.717, 1.165) is 10.5 Å². The van der Waals surface area contributed by atoms with E-state index in [1.54, 1.807) is 41.5 Å². The number of nitrogens with one attached hydrogen (secondary N) is 1. The van der Waals surface area contributed by atoms with Gasteiger partial charge in [0.2, 0.25) is 0 Å². The molecule has 0 aliphatic heterocycles. The molecule has 2 atom stereocenters. The van der Waals surface area contributed by atoms with Crippen molar-refractivity contribution in [3.63, 3.8) is 0 Å². The summed E-state index contributed by atoms with van der Waals surface area (Å²) in [6.07, 6.45) is -1.08. The molecule has 1 aliphatic carbocycles. The fourth-order valence-corrected chi connectivity index (χ4v) is 2.84. The smallest absolute Gasteiger partial charge is 0.420 e. The summed E-state index contributed by atoms with van der Waals surface area (Å²) >= 11 is 0. The summed E-state index contributed by atoms with van der Waals surface area (Å²) in [4.78, 5) is 38.6. The summed E-state index contributed by atoms with van der Waals surface area (Å²) in [5.41, 5.74) is -0.695. The minimum absolute atomic E-state index is 0.131. The van der Waals surface area contributed by atoms with Gasteiger partial charge in [-0.25, -0.2) is 19.3 Å². The number of hydrogen-bond acceptors (Lipinski definition) is 6. The summed E-state index contributed by atoms with van der Waals surface area (Å²) in [6.45, 7) is 10.4. The quantitative estimate of drug-likeness (QED) is 0.715. The number of benzene rings is 1. The van der Waals surface area contributed by atoms with Crippen molar-refractivity contribution >= 4 is 18.3 Å². The van der Waals surface area contributed by atoms with E-state index in [9.17, 15) is 14.4 Å². The van der Waals surface area contributed by atoms with Gasteiger partial charge in [0, 0.05) is 0 Å². The molecular weight excluding hydrogens is 388 g/mol. The van der Waals surface area contributed by atoms with Crippen LogP contribution in [0.1, 0.15) is 59.9 Å². The van der Waals surface area contributed by atoms with Crippen molar-refractivity contribution in [1.29, 1.82) is 0 Å². The summed E-state index contributed by atoms with van der Waals surface area (Å²) in [6, 6.07) is 8.30. The largest absolute Gasteiger partial charge is 0.445 e. The molecule has 1 N–H and O–H groups in total. The molecule has 0 aromatic heterocycles. The molecule has 1 saturated carbocycles. The van der Waals surface area contributed by atoms with E-state index in [4.69, 9.17) is 14.2 Å². The normalized spacial score (nSPS) is 18.6. The van der Waals surface area contributed by atoms with Crippen molar-refractivity contribution < 1.29 is 28.6 Å². The van der Waals surface area contributed by atoms with Gasteiger partial charge in [0.25, 0.3) is 0 Å². The number of imide groups is 1. The Labute approximate surface area is 177 Å². The summed E-state index contributed by atoms with van der Waals surface area (Å²) in [5, 5.41) is 2.73. The Morgan fingerprint density at radius 2 is 1.47 bits per heavy atom. The second-order valence-corrected chi connectivity index (χ2v) is 9.29. The van der Waals surface area contributed by atoms with Gasteiger partial charge in [-0.05, 0) is 59.9 Å². The van der Waals surface area contributed by atoms with Crippen LogP contribution < -0.4 is 5.32 Å². The molecule has 3 amide bonds. The molecule has 1 aromatic carbocycles. The molecule has 0 radical (unpaired) electrons. The van der Waals surface area contributed by atoms with Crippen LogP contribution in [-0.2, 0) is 20.8 Å². The summed E-state index contributed by atoms with van der Waals surface area (Å²) < 4.78 is 16.0. The van der Waals surface area contributed by atoms with E-state index in [2.05, 4.69) is 5.32 Å². The number of alkyl carbamates (subject to hydrolysis) is 1. The third kappa shape index (κ3) is 7.24. The molecule has 1 fully saturated rings. The highest BCUT2D eigenvalue weighted by molar-refractivity contribution is 5.89. The summed E-state index contributed by atoms with van der Waals surface area (Å²) in [5.74, 6) is 0. The molecule has 30 heavy (non-hydrogen) atoms. The molecule has 8 nitrogen and oxygen atoms in total. The standard InChI is InChI=1S/C22H32N2O6/c1-21(2,3)29-19(26)24(20(27)30-22(4,5)6)17-13-12-16(17)23-18(25)28-14-15-10-8-7-9-11-15/h7-11,16-17H,12-14H2,1-6H3,(H,23,25)/t16-,17+/m1/s1. The van der Waals surface area contributed by atoms with Crippen molar-refractivity contribution in [2.24, 2.45) is 0 Å². The van der Waals surface area contributed by atoms with E-state index >= 15 is 0 Å². The molecule has 0 heterocycles. The lowest BCUT2D eigenvalue weighted by Gasteiger charge is -2.43. The Kier molecular flexibility index (Phi) is 7.34. The fourth-order valence-electron chi connectivity index (χ4n) is 2.84. The maximum atomic E-state index is 12.7. The lowest BCUT2D eigenvalue weighted by molar-refractivity contribution is -0.0212. The van der Waals surface area contributed by atoms with Crippen LogP contribution >= 0.6 is 0 Å². The van der Waals surface area contributed by atoms with Crippen LogP contribution in [0.2, 0.25) is 0 Å². The van der Waals surface area contributed by atoms with E-state index < -0.39 is 41.6 Å². The van der Waals surface area contributed by atoms with Crippen molar-refractivity contribution in [1.82, 2.24) is 10.2 Å². The third-order valence-electron chi connectivity index (χ3n) is 4.27. The van der Waals surface area contributed by atoms with Crippen LogP contribution in [0.15, 0.2) is 30.3 Å². The zero-order valence-corrected chi connectivity index (χ0v) is 18.6. The van der Waals surface area contributed by atoms with Crippen LogP contribution in [0.25, 0.3) is 0 Å². The van der Waals surface area contributed by atoms with Gasteiger partial charge >= 0.3 is 18.3 Å². The van der Waals surface area contributed by atoms with Crippen molar-refractivity contribution in [2.45, 2.75) is 84.3 Å². The first-order valence-corrected chi connectivity index (χ1v) is 10.1. The van der Waals surface area contributed by atoms with Crippen LogP contribution in [0.3, 0.4) is 0 Å². The van der Waals surface area contributed by atoms with Gasteiger partial charge in [0.05, 0.1) is 12.1 Å². The van der Waals surface area contributed by atoms with E-state index in [1.165, 1.54) is 0 Å². The SMILES string of the molecule is CC(C)(C)OC(=O)N(C(=O)OC(C)(C)C)[C@H]1CC[C@H]1NC(=O)OCc1ccccc1. The van der Waals surface area contributed by atoms with Crippen LogP contribution in [0, 0.1) is 0 Å². The molecule has 8 heteroatoms. The number of carbonyl (C=O) groups excluding carboxylic acids is 3. The van der Waals surface area contributed by atoms with Gasteiger partial charge in [0.1, 0.15) is 17.8 Å². The van der Waals surface area contributed by atoms with Gasteiger partial charge < -0.3 is 19.5 Å². The second-order valence-electron chi connectivity index (χ2n) is 9.29. The van der Waals surface area contributed by atoms with Gasteiger partial charge in [-0.3, -0.25) is 0 Å². The highest BCUT2D eigenvalue weighted by atomic mass is 16.6. The number of ether oxygens (including phenoxy) is 3. The van der Waals surface area contributed by atoms with Gasteiger partial charge in [-0.2, -0.15) is 0 Å². The Balaban J connectivity index is 2.03. The highest BCUT2D eigenvalue weighted by Gasteiger charge is 2.45. The van der Waals surface area contributed by atoms with Crippen LogP contribution in [-0.4, -0.2) is 46.5 Å². The average Bonchev–Trinajstić information content (AvgIpc) is 2.59. The van der Waals surface area contributed by atoms with Crippen LogP contribution in [0.4, 0.5) is 14.4 Å². The van der Waals surface area contributed by atoms with Crippen molar-refractivity contribution in [3.8, 4) is 0 Å². The zero-order valence-electron chi connectivity index (χ0n) is 18.6. The van der Waals surface area contributed by atoms with Gasteiger partial charge in [-0.1, -0.05) is 30.3 Å². The monoisotopic (exact) mass is 420 g/mol. The Hall–Kier alpha value is -2.77. The van der Waals surface area contributed by atoms with Crippen LogP contribution in [0.5, 0.6) is 0 Å². The molecule has 1 aliphatic rings. The highest BCUT2D eigenvalue weighted by Crippen LogP contribution is 2.29. The first-order valence-electron chi connectivity index (χ1n) is 10.1. The predicted octanol–water partition coefficient (Wildman–Crippen LogP) is 4.62. The van der Waals surface area contributed by atoms with E-state index in [1.807, 2.05) is 30.3 Å². The average molecular weight is 421 g/mol. The minimum Gasteiger partial charge on any atom is -0.445 e. The number of rotatable bonds is 4. The topological polar surface area (TPSA) is 94.2 Å². The summed E-state index contributed by atoms with van der Waals surface area (Å²) in [7, 11) is 0. The number of amides is 3. The van der Waals surface area contributed by atoms with Gasteiger partial charge in [-0.15, -0.1) is 0 Å². The Morgan fingerprint density at radius 3 is 1.90 bits per heavy atom. The first-order chi connectivity index (χ1) is 13.9.